The zero-order chi connectivity index (χ0) is 14.4. The van der Waals surface area contributed by atoms with Crippen LogP contribution in [0.15, 0.2) is 48.8 Å². The largest absolute Gasteiger partial charge is 0.339 e. The van der Waals surface area contributed by atoms with Gasteiger partial charge in [-0.2, -0.15) is 5.10 Å². The van der Waals surface area contributed by atoms with Gasteiger partial charge in [0.15, 0.2) is 0 Å². The maximum atomic E-state index is 12.4. The molecule has 1 heterocycles. The van der Waals surface area contributed by atoms with Crippen molar-refractivity contribution in [3.05, 3.63) is 54.4 Å². The predicted molar refractivity (Wildman–Crippen MR) is 77.9 cm³/mol. The summed E-state index contributed by atoms with van der Waals surface area (Å²) >= 11 is 0. The van der Waals surface area contributed by atoms with Gasteiger partial charge in [0.2, 0.25) is 5.91 Å². The molecule has 1 aromatic carbocycles. The van der Waals surface area contributed by atoms with Gasteiger partial charge in [0.05, 0.1) is 6.54 Å². The Kier molecular flexibility index (Phi) is 4.90. The molecule has 0 aliphatic carbocycles. The van der Waals surface area contributed by atoms with Gasteiger partial charge < -0.3 is 10.6 Å². The minimum Gasteiger partial charge on any atom is -0.339 e. The van der Waals surface area contributed by atoms with Crippen LogP contribution in [0.2, 0.25) is 0 Å². The topological polar surface area (TPSA) is 64.2 Å². The molecule has 1 amide bonds. The fraction of sp³-hybridized carbons (Fsp3) is 0.333. The van der Waals surface area contributed by atoms with Crippen LogP contribution >= 0.6 is 0 Å². The van der Waals surface area contributed by atoms with Gasteiger partial charge in [-0.1, -0.05) is 30.3 Å². The van der Waals surface area contributed by atoms with Gasteiger partial charge in [0.25, 0.3) is 0 Å². The number of rotatable bonds is 6. The van der Waals surface area contributed by atoms with E-state index in [-0.39, 0.29) is 5.91 Å². The van der Waals surface area contributed by atoms with Crippen LogP contribution < -0.4 is 5.73 Å². The molecule has 0 radical (unpaired) electrons. The van der Waals surface area contributed by atoms with E-state index in [4.69, 9.17) is 5.73 Å². The average Bonchev–Trinajstić information content (AvgIpc) is 3.01. The first-order valence-corrected chi connectivity index (χ1v) is 6.79. The van der Waals surface area contributed by atoms with Gasteiger partial charge in [-0.05, 0) is 18.6 Å². The standard InChI is InChI=1S/C15H20N4O/c1-2-18(11-12-19-10-6-9-17-19)15(20)14(16)13-7-4-3-5-8-13/h3-10,14H,2,11-12,16H2,1H3/t14-/m1/s1. The molecule has 1 aromatic heterocycles. The quantitative estimate of drug-likeness (QED) is 0.865. The number of hydrogen-bond donors (Lipinski definition) is 1. The summed E-state index contributed by atoms with van der Waals surface area (Å²) in [4.78, 5) is 14.2. The van der Waals surface area contributed by atoms with Gasteiger partial charge in [-0.15, -0.1) is 0 Å². The third-order valence-electron chi connectivity index (χ3n) is 3.28. The van der Waals surface area contributed by atoms with E-state index in [1.807, 2.05) is 54.2 Å². The Labute approximate surface area is 119 Å². The zero-order valence-electron chi connectivity index (χ0n) is 11.6. The van der Waals surface area contributed by atoms with Crippen molar-refractivity contribution < 1.29 is 4.79 Å². The molecule has 0 saturated heterocycles. The highest BCUT2D eigenvalue weighted by Gasteiger charge is 2.21. The number of carbonyl (C=O) groups is 1. The number of benzene rings is 1. The lowest BCUT2D eigenvalue weighted by molar-refractivity contribution is -0.132. The van der Waals surface area contributed by atoms with E-state index in [0.717, 1.165) is 5.56 Å². The lowest BCUT2D eigenvalue weighted by Gasteiger charge is -2.24. The van der Waals surface area contributed by atoms with E-state index >= 15 is 0 Å². The van der Waals surface area contributed by atoms with Crippen LogP contribution in [-0.4, -0.2) is 33.7 Å². The summed E-state index contributed by atoms with van der Waals surface area (Å²) in [6.45, 7) is 3.88. The molecule has 1 atom stereocenters. The van der Waals surface area contributed by atoms with Gasteiger partial charge in [-0.25, -0.2) is 0 Å². The van der Waals surface area contributed by atoms with Crippen molar-refractivity contribution in [2.75, 3.05) is 13.1 Å². The fourth-order valence-corrected chi connectivity index (χ4v) is 2.08. The van der Waals surface area contributed by atoms with Crippen LogP contribution in [0.5, 0.6) is 0 Å². The Morgan fingerprint density at radius 1 is 1.35 bits per heavy atom. The maximum absolute atomic E-state index is 12.4. The second kappa shape index (κ2) is 6.86. The SMILES string of the molecule is CCN(CCn1cccn1)C(=O)[C@H](N)c1ccccc1. The number of nitrogens with zero attached hydrogens (tertiary/aromatic N) is 3. The number of amides is 1. The van der Waals surface area contributed by atoms with Crippen molar-refractivity contribution in [3.63, 3.8) is 0 Å². The number of carbonyl (C=O) groups excluding carboxylic acids is 1. The molecular weight excluding hydrogens is 252 g/mol. The molecule has 5 heteroatoms. The van der Waals surface area contributed by atoms with Gasteiger partial charge in [-0.3, -0.25) is 9.48 Å². The average molecular weight is 272 g/mol. The molecule has 2 N–H and O–H groups in total. The fourth-order valence-electron chi connectivity index (χ4n) is 2.08. The normalized spacial score (nSPS) is 12.1. The second-order valence-corrected chi connectivity index (χ2v) is 4.58. The van der Waals surface area contributed by atoms with E-state index in [1.165, 1.54) is 0 Å². The molecular formula is C15H20N4O. The first-order chi connectivity index (χ1) is 9.72. The Balaban J connectivity index is 1.98. The van der Waals surface area contributed by atoms with Crippen molar-refractivity contribution in [1.29, 1.82) is 0 Å². The first-order valence-electron chi connectivity index (χ1n) is 6.79. The summed E-state index contributed by atoms with van der Waals surface area (Å²) in [6.07, 6.45) is 3.61. The molecule has 5 nitrogen and oxygen atoms in total. The molecule has 0 unspecified atom stereocenters. The maximum Gasteiger partial charge on any atom is 0.244 e. The monoisotopic (exact) mass is 272 g/mol. The van der Waals surface area contributed by atoms with Crippen LogP contribution in [-0.2, 0) is 11.3 Å². The zero-order valence-corrected chi connectivity index (χ0v) is 11.6. The number of hydrogen-bond acceptors (Lipinski definition) is 3. The Morgan fingerprint density at radius 3 is 2.70 bits per heavy atom. The van der Waals surface area contributed by atoms with Crippen LogP contribution in [0.25, 0.3) is 0 Å². The summed E-state index contributed by atoms with van der Waals surface area (Å²) < 4.78 is 1.81. The van der Waals surface area contributed by atoms with E-state index in [1.54, 1.807) is 11.1 Å². The van der Waals surface area contributed by atoms with E-state index in [9.17, 15) is 4.79 Å². The lowest BCUT2D eigenvalue weighted by Crippen LogP contribution is -2.40. The minimum atomic E-state index is -0.603. The smallest absolute Gasteiger partial charge is 0.244 e. The van der Waals surface area contributed by atoms with Crippen molar-refractivity contribution >= 4 is 5.91 Å². The summed E-state index contributed by atoms with van der Waals surface area (Å²) in [6, 6.07) is 10.7. The van der Waals surface area contributed by atoms with Crippen molar-refractivity contribution in [2.45, 2.75) is 19.5 Å². The van der Waals surface area contributed by atoms with Crippen molar-refractivity contribution in [2.24, 2.45) is 5.73 Å². The molecule has 0 fully saturated rings. The Hall–Kier alpha value is -2.14. The summed E-state index contributed by atoms with van der Waals surface area (Å²) in [5, 5.41) is 4.13. The van der Waals surface area contributed by atoms with Gasteiger partial charge >= 0.3 is 0 Å². The molecule has 0 aliphatic rings. The van der Waals surface area contributed by atoms with Crippen LogP contribution in [0, 0.1) is 0 Å². The minimum absolute atomic E-state index is 0.0501. The molecule has 0 saturated carbocycles. The van der Waals surface area contributed by atoms with E-state index in [0.29, 0.717) is 19.6 Å². The molecule has 20 heavy (non-hydrogen) atoms. The highest BCUT2D eigenvalue weighted by molar-refractivity contribution is 5.83. The lowest BCUT2D eigenvalue weighted by atomic mass is 10.1. The Bertz CT molecular complexity index is 524. The highest BCUT2D eigenvalue weighted by atomic mass is 16.2. The Morgan fingerprint density at radius 2 is 2.10 bits per heavy atom. The predicted octanol–water partition coefficient (Wildman–Crippen LogP) is 1.43. The van der Waals surface area contributed by atoms with Crippen LogP contribution in [0.4, 0.5) is 0 Å². The summed E-state index contributed by atoms with van der Waals surface area (Å²) in [7, 11) is 0. The third-order valence-corrected chi connectivity index (χ3v) is 3.28. The third kappa shape index (κ3) is 3.45. The molecule has 2 rings (SSSR count). The molecule has 0 spiro atoms. The van der Waals surface area contributed by atoms with E-state index < -0.39 is 6.04 Å². The molecule has 0 aliphatic heterocycles. The van der Waals surface area contributed by atoms with Crippen LogP contribution in [0.1, 0.15) is 18.5 Å². The molecule has 0 bridgehead atoms. The highest BCUT2D eigenvalue weighted by Crippen LogP contribution is 2.12. The van der Waals surface area contributed by atoms with E-state index in [2.05, 4.69) is 5.10 Å². The van der Waals surface area contributed by atoms with Crippen molar-refractivity contribution in [3.8, 4) is 0 Å². The summed E-state index contributed by atoms with van der Waals surface area (Å²) in [5.74, 6) is -0.0501. The summed E-state index contributed by atoms with van der Waals surface area (Å²) in [5.41, 5.74) is 6.89. The number of aromatic nitrogens is 2. The first kappa shape index (κ1) is 14.3. The van der Waals surface area contributed by atoms with Crippen LogP contribution in [0.3, 0.4) is 0 Å². The van der Waals surface area contributed by atoms with Gasteiger partial charge in [0.1, 0.15) is 6.04 Å². The molecule has 2 aromatic rings. The number of nitrogens with two attached hydrogens (primary N) is 1. The second-order valence-electron chi connectivity index (χ2n) is 4.58. The number of likely N-dealkylation sites (N-methyl/N-ethyl adjacent to an activating group) is 1. The van der Waals surface area contributed by atoms with Gasteiger partial charge in [0, 0.05) is 25.5 Å². The molecule has 106 valence electrons. The van der Waals surface area contributed by atoms with Crippen molar-refractivity contribution in [1.82, 2.24) is 14.7 Å².